The lowest BCUT2D eigenvalue weighted by atomic mass is 9.56. The quantitative estimate of drug-likeness (QED) is 0.424. The van der Waals surface area contributed by atoms with Crippen LogP contribution in [0.2, 0.25) is 0 Å². The first-order chi connectivity index (χ1) is 9.73. The Morgan fingerprint density at radius 2 is 1.95 bits per heavy atom. The highest BCUT2D eigenvalue weighted by Gasteiger charge is 2.43. The molecule has 0 heterocycles. The zero-order valence-corrected chi connectivity index (χ0v) is 13.6. The van der Waals surface area contributed by atoms with Crippen molar-refractivity contribution in [3.8, 4) is 0 Å². The zero-order chi connectivity index (χ0) is 14.4. The van der Waals surface area contributed by atoms with Crippen molar-refractivity contribution in [1.29, 1.82) is 0 Å². The molecule has 0 saturated heterocycles. The largest absolute Gasteiger partial charge is 0.298 e. The lowest BCUT2D eigenvalue weighted by Crippen LogP contribution is -2.38. The Hall–Kier alpha value is -0.300. The van der Waals surface area contributed by atoms with Crippen LogP contribution in [-0.4, -0.2) is 6.29 Å². The Morgan fingerprint density at radius 1 is 1.25 bits per heavy atom. The van der Waals surface area contributed by atoms with Gasteiger partial charge in [-0.1, -0.05) is 69.9 Å². The number of hydrogen-bond acceptors (Lipinski definition) is 1. The first kappa shape index (κ1) is 16.1. The predicted octanol–water partition coefficient (Wildman–Crippen LogP) is 5.87. The monoisotopic (exact) mass is 296 g/mol. The molecule has 0 aromatic rings. The van der Waals surface area contributed by atoms with Crippen LogP contribution in [0.5, 0.6) is 0 Å². The van der Waals surface area contributed by atoms with E-state index < -0.39 is 0 Å². The second-order valence-corrected chi connectivity index (χ2v) is 7.30. The Kier molecular flexibility index (Phi) is 6.14. The Morgan fingerprint density at radius 3 is 2.50 bits per heavy atom. The fourth-order valence-electron chi connectivity index (χ4n) is 4.34. The van der Waals surface area contributed by atoms with Crippen LogP contribution in [-0.2, 0) is 4.79 Å². The van der Waals surface area contributed by atoms with Crippen LogP contribution in [0, 0.1) is 17.3 Å². The number of carbonyl (C=O) groups excluding carboxylic acids is 1. The van der Waals surface area contributed by atoms with Crippen LogP contribution in [0.4, 0.5) is 0 Å². The van der Waals surface area contributed by atoms with E-state index in [2.05, 4.69) is 6.92 Å². The Labute approximate surface area is 129 Å². The number of halogens is 1. The van der Waals surface area contributed by atoms with Gasteiger partial charge in [-0.25, -0.2) is 0 Å². The Bertz CT molecular complexity index is 335. The number of allylic oxidation sites excluding steroid dienone is 1. The second kappa shape index (κ2) is 7.64. The van der Waals surface area contributed by atoms with Gasteiger partial charge < -0.3 is 0 Å². The van der Waals surface area contributed by atoms with Gasteiger partial charge in [-0.3, -0.25) is 4.79 Å². The third-order valence-electron chi connectivity index (χ3n) is 5.89. The average molecular weight is 297 g/mol. The van der Waals surface area contributed by atoms with E-state index in [1.165, 1.54) is 76.2 Å². The third-order valence-corrected chi connectivity index (χ3v) is 6.14. The molecule has 0 aliphatic heterocycles. The van der Waals surface area contributed by atoms with Gasteiger partial charge in [-0.05, 0) is 36.5 Å². The van der Waals surface area contributed by atoms with Crippen LogP contribution in [0.25, 0.3) is 0 Å². The molecule has 1 nitrogen and oxygen atoms in total. The molecule has 0 unspecified atom stereocenters. The van der Waals surface area contributed by atoms with Crippen molar-refractivity contribution in [2.24, 2.45) is 17.3 Å². The maximum atomic E-state index is 10.9. The lowest BCUT2D eigenvalue weighted by molar-refractivity contribution is -0.106. The van der Waals surface area contributed by atoms with Gasteiger partial charge in [0.15, 0.2) is 0 Å². The molecule has 2 aliphatic rings. The molecular formula is C18H29ClO. The summed E-state index contributed by atoms with van der Waals surface area (Å²) in [6.07, 6.45) is 16.0. The highest BCUT2D eigenvalue weighted by Crippen LogP contribution is 2.54. The highest BCUT2D eigenvalue weighted by molar-refractivity contribution is 6.26. The normalized spacial score (nSPS) is 31.9. The molecule has 0 N–H and O–H groups in total. The summed E-state index contributed by atoms with van der Waals surface area (Å²) >= 11 is 5.72. The van der Waals surface area contributed by atoms with E-state index >= 15 is 0 Å². The fraction of sp³-hybridized carbons (Fsp3) is 0.833. The van der Waals surface area contributed by atoms with Crippen molar-refractivity contribution in [3.63, 3.8) is 0 Å². The summed E-state index contributed by atoms with van der Waals surface area (Å²) < 4.78 is 0. The highest BCUT2D eigenvalue weighted by atomic mass is 35.5. The lowest BCUT2D eigenvalue weighted by Gasteiger charge is -2.48. The van der Waals surface area contributed by atoms with Gasteiger partial charge in [-0.15, -0.1) is 0 Å². The van der Waals surface area contributed by atoms with Crippen molar-refractivity contribution in [2.45, 2.75) is 77.6 Å². The number of hydrogen-bond donors (Lipinski definition) is 0. The van der Waals surface area contributed by atoms with Crippen molar-refractivity contribution in [1.82, 2.24) is 0 Å². The van der Waals surface area contributed by atoms with E-state index in [0.29, 0.717) is 11.3 Å². The summed E-state index contributed by atoms with van der Waals surface area (Å²) in [6.45, 7) is 2.31. The summed E-state index contributed by atoms with van der Waals surface area (Å²) in [5.74, 6) is 1.43. The van der Waals surface area contributed by atoms with Crippen LogP contribution >= 0.6 is 11.6 Å². The van der Waals surface area contributed by atoms with Gasteiger partial charge in [0.2, 0.25) is 0 Å². The minimum atomic E-state index is 0.430. The first-order valence-electron chi connectivity index (χ1n) is 8.48. The van der Waals surface area contributed by atoms with Crippen LogP contribution in [0.15, 0.2) is 11.1 Å². The zero-order valence-electron chi connectivity index (χ0n) is 12.9. The molecular weight excluding hydrogens is 268 g/mol. The van der Waals surface area contributed by atoms with E-state index in [9.17, 15) is 4.79 Å². The SMILES string of the molecule is CCC1(CCCC2CCCCC2)CC(C(C=O)=CCl)C1. The van der Waals surface area contributed by atoms with E-state index in [-0.39, 0.29) is 0 Å². The average Bonchev–Trinajstić information content (AvgIpc) is 2.46. The van der Waals surface area contributed by atoms with Crippen molar-refractivity contribution >= 4 is 17.9 Å². The van der Waals surface area contributed by atoms with Gasteiger partial charge in [0.05, 0.1) is 0 Å². The number of carbonyl (C=O) groups is 1. The molecule has 0 atom stereocenters. The molecule has 20 heavy (non-hydrogen) atoms. The van der Waals surface area contributed by atoms with Gasteiger partial charge in [0.25, 0.3) is 0 Å². The topological polar surface area (TPSA) is 17.1 Å². The molecule has 0 aromatic carbocycles. The molecule has 2 aliphatic carbocycles. The van der Waals surface area contributed by atoms with E-state index in [1.54, 1.807) is 0 Å². The second-order valence-electron chi connectivity index (χ2n) is 7.08. The molecule has 2 heteroatoms. The van der Waals surface area contributed by atoms with Crippen LogP contribution < -0.4 is 0 Å². The summed E-state index contributed by atoms with van der Waals surface area (Å²) in [4.78, 5) is 10.9. The Balaban J connectivity index is 1.72. The summed E-state index contributed by atoms with van der Waals surface area (Å²) in [5, 5.41) is 0. The molecule has 2 rings (SSSR count). The van der Waals surface area contributed by atoms with E-state index in [1.807, 2.05) is 0 Å². The van der Waals surface area contributed by atoms with Gasteiger partial charge in [-0.2, -0.15) is 0 Å². The number of aldehydes is 1. The molecule has 0 radical (unpaired) electrons. The molecule has 0 aromatic heterocycles. The van der Waals surface area contributed by atoms with Crippen LogP contribution in [0.1, 0.15) is 77.6 Å². The number of rotatable bonds is 7. The molecule has 2 fully saturated rings. The molecule has 0 amide bonds. The minimum Gasteiger partial charge on any atom is -0.298 e. The molecule has 0 bridgehead atoms. The van der Waals surface area contributed by atoms with Crippen molar-refractivity contribution in [2.75, 3.05) is 0 Å². The molecule has 0 spiro atoms. The third kappa shape index (κ3) is 3.87. The van der Waals surface area contributed by atoms with Gasteiger partial charge >= 0.3 is 0 Å². The summed E-state index contributed by atoms with van der Waals surface area (Å²) in [5.41, 5.74) is 2.80. The maximum absolute atomic E-state index is 10.9. The van der Waals surface area contributed by atoms with Crippen molar-refractivity contribution in [3.05, 3.63) is 11.1 Å². The van der Waals surface area contributed by atoms with E-state index in [0.717, 1.165) is 17.8 Å². The molecule has 2 saturated carbocycles. The minimum absolute atomic E-state index is 0.430. The summed E-state index contributed by atoms with van der Waals surface area (Å²) in [7, 11) is 0. The molecule has 114 valence electrons. The van der Waals surface area contributed by atoms with Crippen LogP contribution in [0.3, 0.4) is 0 Å². The predicted molar refractivity (Wildman–Crippen MR) is 85.9 cm³/mol. The van der Waals surface area contributed by atoms with Crippen molar-refractivity contribution < 1.29 is 4.79 Å². The van der Waals surface area contributed by atoms with Gasteiger partial charge in [0.1, 0.15) is 6.29 Å². The first-order valence-corrected chi connectivity index (χ1v) is 8.92. The maximum Gasteiger partial charge on any atom is 0.147 e. The van der Waals surface area contributed by atoms with Gasteiger partial charge in [0, 0.05) is 11.1 Å². The standard InChI is InChI=1S/C18H29ClO/c1-2-18(11-16(12-18)17(13-19)14-20)10-6-9-15-7-4-3-5-8-15/h13-16H,2-12H2,1H3. The smallest absolute Gasteiger partial charge is 0.147 e. The fourth-order valence-corrected chi connectivity index (χ4v) is 4.57. The van der Waals surface area contributed by atoms with E-state index in [4.69, 9.17) is 11.6 Å². The summed E-state index contributed by atoms with van der Waals surface area (Å²) in [6, 6.07) is 0.